The molecule has 0 saturated heterocycles. The molecule has 0 radical (unpaired) electrons. The molecule has 0 aromatic carbocycles. The molecule has 2 atom stereocenters. The minimum Gasteiger partial charge on any atom is -0.351 e. The molecule has 0 saturated carbocycles. The number of thioether (sulfide) groups is 1. The number of rotatable bonds is 3. The van der Waals surface area contributed by atoms with E-state index in [9.17, 15) is 20.1 Å². The van der Waals surface area contributed by atoms with Gasteiger partial charge in [-0.1, -0.05) is 25.6 Å². The Bertz CT molecular complexity index is 632. The van der Waals surface area contributed by atoms with Crippen molar-refractivity contribution >= 4 is 23.6 Å². The molecule has 0 aliphatic carbocycles. The summed E-state index contributed by atoms with van der Waals surface area (Å²) in [5.74, 6) is -1.55. The fraction of sp³-hybridized carbons (Fsp3) is 0.625. The van der Waals surface area contributed by atoms with Crippen molar-refractivity contribution in [1.82, 2.24) is 10.6 Å². The first-order chi connectivity index (χ1) is 10.4. The number of hydrogen-bond donors (Lipinski definition) is 2. The molecule has 1 heterocycles. The Balaban J connectivity index is 3.09. The van der Waals surface area contributed by atoms with Gasteiger partial charge in [-0.05, 0) is 27.7 Å². The normalized spacial score (nSPS) is 21.7. The molecule has 7 heteroatoms. The number of carbonyl (C=O) groups is 2. The van der Waals surface area contributed by atoms with Gasteiger partial charge in [-0.25, -0.2) is 0 Å². The molecule has 1 rings (SSSR count). The highest BCUT2D eigenvalue weighted by molar-refractivity contribution is 8.04. The first-order valence-electron chi connectivity index (χ1n) is 7.28. The van der Waals surface area contributed by atoms with Gasteiger partial charge in [0.2, 0.25) is 11.8 Å². The highest BCUT2D eigenvalue weighted by Gasteiger charge is 2.45. The van der Waals surface area contributed by atoms with Gasteiger partial charge in [0, 0.05) is 11.0 Å². The van der Waals surface area contributed by atoms with Crippen LogP contribution in [0.1, 0.15) is 41.5 Å². The van der Waals surface area contributed by atoms with Crippen molar-refractivity contribution in [3.05, 3.63) is 10.6 Å². The van der Waals surface area contributed by atoms with Crippen molar-refractivity contribution in [3.8, 4) is 12.1 Å². The Morgan fingerprint density at radius 1 is 1.39 bits per heavy atom. The van der Waals surface area contributed by atoms with Gasteiger partial charge in [0.1, 0.15) is 5.92 Å². The maximum Gasteiger partial charge on any atom is 0.243 e. The largest absolute Gasteiger partial charge is 0.351 e. The van der Waals surface area contributed by atoms with E-state index in [2.05, 4.69) is 16.7 Å². The zero-order chi connectivity index (χ0) is 18.0. The van der Waals surface area contributed by atoms with Crippen LogP contribution < -0.4 is 10.6 Å². The van der Waals surface area contributed by atoms with Crippen LogP contribution in [0.3, 0.4) is 0 Å². The molecule has 0 aromatic rings. The van der Waals surface area contributed by atoms with Crippen molar-refractivity contribution < 1.29 is 9.59 Å². The molecule has 1 aliphatic heterocycles. The van der Waals surface area contributed by atoms with Gasteiger partial charge in [0.25, 0.3) is 0 Å². The highest BCUT2D eigenvalue weighted by atomic mass is 32.2. The van der Waals surface area contributed by atoms with E-state index in [4.69, 9.17) is 0 Å². The van der Waals surface area contributed by atoms with Gasteiger partial charge < -0.3 is 10.6 Å². The standard InChI is InChI=1S/C16H22N4O2S/c1-9(12(21)20-15(2,3)4)23-14-11(8-18)16(5,6)10(7-17)13(22)19-14/h9-10H,1-6H3,(H,19,22)(H,20,21)/t9-,10+/m0/s1. The lowest BCUT2D eigenvalue weighted by Crippen LogP contribution is -2.46. The third kappa shape index (κ3) is 4.27. The van der Waals surface area contributed by atoms with Crippen LogP contribution in [0.5, 0.6) is 0 Å². The van der Waals surface area contributed by atoms with Gasteiger partial charge in [-0.15, -0.1) is 0 Å². The molecule has 23 heavy (non-hydrogen) atoms. The van der Waals surface area contributed by atoms with Crippen molar-refractivity contribution in [2.24, 2.45) is 11.3 Å². The van der Waals surface area contributed by atoms with E-state index in [1.165, 1.54) is 0 Å². The first kappa shape index (κ1) is 19.1. The number of hydrogen-bond acceptors (Lipinski definition) is 5. The minimum absolute atomic E-state index is 0.179. The second kappa shape index (κ2) is 6.64. The van der Waals surface area contributed by atoms with Crippen LogP contribution in [0.2, 0.25) is 0 Å². The summed E-state index contributed by atoms with van der Waals surface area (Å²) in [6, 6.07) is 4.03. The molecule has 0 aromatic heterocycles. The zero-order valence-corrected chi connectivity index (χ0v) is 15.1. The third-order valence-corrected chi connectivity index (χ3v) is 4.60. The first-order valence-corrected chi connectivity index (χ1v) is 8.16. The van der Waals surface area contributed by atoms with Gasteiger partial charge in [-0.2, -0.15) is 10.5 Å². The summed E-state index contributed by atoms with van der Waals surface area (Å²) in [5, 5.41) is 24.0. The van der Waals surface area contributed by atoms with Gasteiger partial charge in [-0.3, -0.25) is 9.59 Å². The fourth-order valence-electron chi connectivity index (χ4n) is 2.22. The maximum atomic E-state index is 12.2. The lowest BCUT2D eigenvalue weighted by molar-refractivity contribution is -0.125. The molecule has 0 spiro atoms. The molecule has 2 amide bonds. The zero-order valence-electron chi connectivity index (χ0n) is 14.3. The molecule has 0 unspecified atom stereocenters. The number of nitriles is 2. The van der Waals surface area contributed by atoms with Crippen molar-refractivity contribution in [3.63, 3.8) is 0 Å². The number of amides is 2. The van der Waals surface area contributed by atoms with Gasteiger partial charge in [0.15, 0.2) is 0 Å². The van der Waals surface area contributed by atoms with Gasteiger partial charge in [0.05, 0.1) is 28.0 Å². The van der Waals surface area contributed by atoms with Crippen LogP contribution >= 0.6 is 11.8 Å². The van der Waals surface area contributed by atoms with E-state index in [-0.39, 0.29) is 11.4 Å². The van der Waals surface area contributed by atoms with Crippen LogP contribution in [-0.2, 0) is 9.59 Å². The topological polar surface area (TPSA) is 106 Å². The average molecular weight is 334 g/mol. The maximum absolute atomic E-state index is 12.2. The average Bonchev–Trinajstić information content (AvgIpc) is 2.36. The Morgan fingerprint density at radius 2 is 1.96 bits per heavy atom. The quantitative estimate of drug-likeness (QED) is 0.821. The third-order valence-electron chi connectivity index (χ3n) is 3.49. The fourth-order valence-corrected chi connectivity index (χ4v) is 3.32. The summed E-state index contributed by atoms with van der Waals surface area (Å²) in [6.07, 6.45) is 0. The van der Waals surface area contributed by atoms with E-state index in [0.717, 1.165) is 11.8 Å². The van der Waals surface area contributed by atoms with Crippen molar-refractivity contribution in [2.75, 3.05) is 0 Å². The van der Waals surface area contributed by atoms with Crippen LogP contribution in [-0.4, -0.2) is 22.6 Å². The smallest absolute Gasteiger partial charge is 0.243 e. The lowest BCUT2D eigenvalue weighted by Gasteiger charge is -2.35. The lowest BCUT2D eigenvalue weighted by atomic mass is 9.72. The van der Waals surface area contributed by atoms with Crippen LogP contribution in [0, 0.1) is 34.0 Å². The molecule has 0 fully saturated rings. The van der Waals surface area contributed by atoms with Crippen LogP contribution in [0.4, 0.5) is 0 Å². The van der Waals surface area contributed by atoms with E-state index >= 15 is 0 Å². The summed E-state index contributed by atoms with van der Waals surface area (Å²) in [4.78, 5) is 24.3. The van der Waals surface area contributed by atoms with Gasteiger partial charge >= 0.3 is 0 Å². The second-order valence-corrected chi connectivity index (χ2v) is 8.44. The molecular weight excluding hydrogens is 312 g/mol. The summed E-state index contributed by atoms with van der Waals surface area (Å²) in [5.41, 5.74) is -0.933. The Morgan fingerprint density at radius 3 is 2.39 bits per heavy atom. The molecule has 6 nitrogen and oxygen atoms in total. The number of nitrogens with zero attached hydrogens (tertiary/aromatic N) is 2. The molecule has 0 bridgehead atoms. The van der Waals surface area contributed by atoms with E-state index in [1.807, 2.05) is 26.8 Å². The summed E-state index contributed by atoms with van der Waals surface area (Å²) in [6.45, 7) is 10.7. The summed E-state index contributed by atoms with van der Waals surface area (Å²) < 4.78 is 0. The monoisotopic (exact) mass is 334 g/mol. The Labute approximate surface area is 141 Å². The molecule has 124 valence electrons. The molecule has 2 N–H and O–H groups in total. The van der Waals surface area contributed by atoms with Crippen LogP contribution in [0.25, 0.3) is 0 Å². The SMILES string of the molecule is C[C@H](SC1=C(C#N)C(C)(C)[C@H](C#N)C(=O)N1)C(=O)NC(C)(C)C. The molecular formula is C16H22N4O2S. The van der Waals surface area contributed by atoms with Crippen molar-refractivity contribution in [1.29, 1.82) is 10.5 Å². The highest BCUT2D eigenvalue weighted by Crippen LogP contribution is 2.42. The number of allylic oxidation sites excluding steroid dienone is 1. The predicted molar refractivity (Wildman–Crippen MR) is 88.6 cm³/mol. The number of nitrogens with one attached hydrogen (secondary N) is 2. The Hall–Kier alpha value is -1.99. The van der Waals surface area contributed by atoms with E-state index < -0.39 is 22.5 Å². The van der Waals surface area contributed by atoms with E-state index in [0.29, 0.717) is 10.6 Å². The van der Waals surface area contributed by atoms with Crippen molar-refractivity contribution in [2.45, 2.75) is 52.3 Å². The molecule has 1 aliphatic rings. The van der Waals surface area contributed by atoms with Crippen LogP contribution in [0.15, 0.2) is 10.6 Å². The second-order valence-electron chi connectivity index (χ2n) is 7.09. The number of carbonyl (C=O) groups excluding carboxylic acids is 2. The summed E-state index contributed by atoms with van der Waals surface area (Å²) >= 11 is 1.12. The van der Waals surface area contributed by atoms with E-state index in [1.54, 1.807) is 20.8 Å². The Kier molecular flexibility index (Phi) is 5.50. The predicted octanol–water partition coefficient (Wildman–Crippen LogP) is 2.05. The minimum atomic E-state index is -0.930. The summed E-state index contributed by atoms with van der Waals surface area (Å²) in [7, 11) is 0.